The van der Waals surface area contributed by atoms with E-state index in [4.69, 9.17) is 0 Å². The van der Waals surface area contributed by atoms with Crippen molar-refractivity contribution in [3.05, 3.63) is 11.9 Å². The van der Waals surface area contributed by atoms with E-state index in [1.165, 1.54) is 0 Å². The highest BCUT2D eigenvalue weighted by molar-refractivity contribution is 5.80. The van der Waals surface area contributed by atoms with Gasteiger partial charge in [-0.05, 0) is 13.8 Å². The SMILES string of the molecule is CCNc1cc(NCC(=O)N(C)CC)nc(C(C)(C)C)n1. The average molecular weight is 293 g/mol. The number of nitrogens with zero attached hydrogens (tertiary/aromatic N) is 3. The average Bonchev–Trinajstić information content (AvgIpc) is 2.43. The number of carbonyl (C=O) groups excluding carboxylic acids is 1. The third kappa shape index (κ3) is 5.21. The molecule has 0 aromatic carbocycles. The van der Waals surface area contributed by atoms with E-state index in [2.05, 4.69) is 41.4 Å². The molecule has 1 rings (SSSR count). The summed E-state index contributed by atoms with van der Waals surface area (Å²) in [6.07, 6.45) is 0. The van der Waals surface area contributed by atoms with Crippen molar-refractivity contribution in [1.82, 2.24) is 14.9 Å². The van der Waals surface area contributed by atoms with Crippen LogP contribution >= 0.6 is 0 Å². The predicted octanol–water partition coefficient (Wildman–Crippen LogP) is 2.10. The van der Waals surface area contributed by atoms with E-state index in [1.807, 2.05) is 19.9 Å². The summed E-state index contributed by atoms with van der Waals surface area (Å²) in [5.41, 5.74) is -0.147. The minimum atomic E-state index is -0.147. The van der Waals surface area contributed by atoms with Crippen molar-refractivity contribution in [3.8, 4) is 0 Å². The van der Waals surface area contributed by atoms with Crippen molar-refractivity contribution < 1.29 is 4.79 Å². The molecule has 1 heterocycles. The highest BCUT2D eigenvalue weighted by Gasteiger charge is 2.19. The van der Waals surface area contributed by atoms with Gasteiger partial charge >= 0.3 is 0 Å². The first-order valence-electron chi connectivity index (χ1n) is 7.39. The zero-order chi connectivity index (χ0) is 16.0. The lowest BCUT2D eigenvalue weighted by Crippen LogP contribution is -2.32. The van der Waals surface area contributed by atoms with E-state index in [9.17, 15) is 4.79 Å². The maximum Gasteiger partial charge on any atom is 0.241 e. The standard InChI is InChI=1S/C15H27N5O/c1-7-16-11-9-12(17-10-13(21)20(6)8-2)19-14(18-11)15(3,4)5/h9H,7-8,10H2,1-6H3,(H2,16,17,18,19). The number of aromatic nitrogens is 2. The van der Waals surface area contributed by atoms with E-state index in [0.717, 1.165) is 18.2 Å². The Kier molecular flexibility index (Phi) is 5.93. The molecule has 0 spiro atoms. The van der Waals surface area contributed by atoms with Crippen LogP contribution in [0.25, 0.3) is 0 Å². The molecular formula is C15H27N5O. The first kappa shape index (κ1) is 17.2. The zero-order valence-electron chi connectivity index (χ0n) is 13.9. The highest BCUT2D eigenvalue weighted by Crippen LogP contribution is 2.22. The summed E-state index contributed by atoms with van der Waals surface area (Å²) in [4.78, 5) is 22.5. The van der Waals surface area contributed by atoms with Gasteiger partial charge in [-0.15, -0.1) is 0 Å². The molecule has 0 fully saturated rings. The van der Waals surface area contributed by atoms with E-state index in [-0.39, 0.29) is 17.9 Å². The Bertz CT molecular complexity index is 481. The third-order valence-electron chi connectivity index (χ3n) is 3.08. The molecular weight excluding hydrogens is 266 g/mol. The van der Waals surface area contributed by atoms with E-state index < -0.39 is 0 Å². The van der Waals surface area contributed by atoms with E-state index >= 15 is 0 Å². The Morgan fingerprint density at radius 2 is 1.76 bits per heavy atom. The van der Waals surface area contributed by atoms with Crippen LogP contribution in [0.3, 0.4) is 0 Å². The first-order valence-corrected chi connectivity index (χ1v) is 7.39. The molecule has 0 unspecified atom stereocenters. The molecule has 0 aliphatic heterocycles. The van der Waals surface area contributed by atoms with Crippen LogP contribution in [0.1, 0.15) is 40.4 Å². The predicted molar refractivity (Wildman–Crippen MR) is 86.7 cm³/mol. The van der Waals surface area contributed by atoms with Gasteiger partial charge in [-0.2, -0.15) is 0 Å². The molecule has 0 radical (unpaired) electrons. The van der Waals surface area contributed by atoms with Crippen molar-refractivity contribution in [2.45, 2.75) is 40.0 Å². The van der Waals surface area contributed by atoms with Crippen molar-refractivity contribution in [1.29, 1.82) is 0 Å². The van der Waals surface area contributed by atoms with Gasteiger partial charge in [0.2, 0.25) is 5.91 Å². The summed E-state index contributed by atoms with van der Waals surface area (Å²) in [5.74, 6) is 2.23. The Morgan fingerprint density at radius 3 is 2.24 bits per heavy atom. The fraction of sp³-hybridized carbons (Fsp3) is 0.667. The Labute approximate surface area is 127 Å². The van der Waals surface area contributed by atoms with Crippen LogP contribution in [0.15, 0.2) is 6.07 Å². The molecule has 0 atom stereocenters. The fourth-order valence-corrected chi connectivity index (χ4v) is 1.62. The summed E-state index contributed by atoms with van der Waals surface area (Å²) >= 11 is 0. The zero-order valence-corrected chi connectivity index (χ0v) is 13.9. The van der Waals surface area contributed by atoms with Crippen LogP contribution < -0.4 is 10.6 Å². The number of rotatable bonds is 6. The van der Waals surface area contributed by atoms with Crippen LogP contribution in [0, 0.1) is 0 Å². The van der Waals surface area contributed by atoms with Gasteiger partial charge < -0.3 is 15.5 Å². The normalized spacial score (nSPS) is 11.1. The molecule has 1 aromatic heterocycles. The van der Waals surface area contributed by atoms with Crippen LogP contribution in [0.5, 0.6) is 0 Å². The lowest BCUT2D eigenvalue weighted by atomic mass is 9.96. The van der Waals surface area contributed by atoms with E-state index in [1.54, 1.807) is 11.9 Å². The van der Waals surface area contributed by atoms with Gasteiger partial charge in [-0.25, -0.2) is 9.97 Å². The van der Waals surface area contributed by atoms with Crippen molar-refractivity contribution >= 4 is 17.5 Å². The monoisotopic (exact) mass is 293 g/mol. The second-order valence-electron chi connectivity index (χ2n) is 6.00. The quantitative estimate of drug-likeness (QED) is 0.840. The van der Waals surface area contributed by atoms with Gasteiger partial charge in [0, 0.05) is 31.6 Å². The maximum absolute atomic E-state index is 11.8. The van der Waals surface area contributed by atoms with Crippen molar-refractivity contribution in [3.63, 3.8) is 0 Å². The van der Waals surface area contributed by atoms with Crippen LogP contribution in [0.2, 0.25) is 0 Å². The number of amides is 1. The third-order valence-corrected chi connectivity index (χ3v) is 3.08. The fourth-order valence-electron chi connectivity index (χ4n) is 1.62. The summed E-state index contributed by atoms with van der Waals surface area (Å²) in [5, 5.41) is 6.28. The summed E-state index contributed by atoms with van der Waals surface area (Å²) < 4.78 is 0. The minimum Gasteiger partial charge on any atom is -0.370 e. The van der Waals surface area contributed by atoms with Crippen LogP contribution in [-0.4, -0.2) is 47.5 Å². The molecule has 21 heavy (non-hydrogen) atoms. The molecule has 1 aromatic rings. The molecule has 0 bridgehead atoms. The van der Waals surface area contributed by atoms with Gasteiger partial charge in [0.25, 0.3) is 0 Å². The Balaban J connectivity index is 2.90. The van der Waals surface area contributed by atoms with Crippen LogP contribution in [-0.2, 0) is 10.2 Å². The van der Waals surface area contributed by atoms with Gasteiger partial charge in [0.15, 0.2) is 0 Å². The molecule has 6 nitrogen and oxygen atoms in total. The first-order chi connectivity index (χ1) is 9.77. The number of nitrogens with one attached hydrogen (secondary N) is 2. The van der Waals surface area contributed by atoms with Gasteiger partial charge in [0.05, 0.1) is 6.54 Å². The second-order valence-corrected chi connectivity index (χ2v) is 6.00. The minimum absolute atomic E-state index is 0.0402. The number of anilines is 2. The largest absolute Gasteiger partial charge is 0.370 e. The maximum atomic E-state index is 11.8. The molecule has 118 valence electrons. The highest BCUT2D eigenvalue weighted by atomic mass is 16.2. The second kappa shape index (κ2) is 7.24. The molecule has 0 aliphatic carbocycles. The van der Waals surface area contributed by atoms with Gasteiger partial charge in [-0.1, -0.05) is 20.8 Å². The smallest absolute Gasteiger partial charge is 0.241 e. The molecule has 0 aliphatic rings. The van der Waals surface area contributed by atoms with Crippen molar-refractivity contribution in [2.75, 3.05) is 37.3 Å². The number of hydrogen-bond acceptors (Lipinski definition) is 5. The molecule has 6 heteroatoms. The Morgan fingerprint density at radius 1 is 1.19 bits per heavy atom. The van der Waals surface area contributed by atoms with Gasteiger partial charge in [-0.3, -0.25) is 4.79 Å². The lowest BCUT2D eigenvalue weighted by molar-refractivity contribution is -0.127. The summed E-state index contributed by atoms with van der Waals surface area (Å²) in [7, 11) is 1.79. The van der Waals surface area contributed by atoms with Crippen molar-refractivity contribution in [2.24, 2.45) is 0 Å². The molecule has 2 N–H and O–H groups in total. The number of hydrogen-bond donors (Lipinski definition) is 2. The van der Waals surface area contributed by atoms with Gasteiger partial charge in [0.1, 0.15) is 17.5 Å². The molecule has 0 saturated carbocycles. The van der Waals surface area contributed by atoms with E-state index in [0.29, 0.717) is 12.4 Å². The van der Waals surface area contributed by atoms with Crippen LogP contribution in [0.4, 0.5) is 11.6 Å². The Hall–Kier alpha value is -1.85. The molecule has 0 saturated heterocycles. The lowest BCUT2D eigenvalue weighted by Gasteiger charge is -2.20. The summed E-state index contributed by atoms with van der Waals surface area (Å²) in [6, 6.07) is 1.83. The number of likely N-dealkylation sites (N-methyl/N-ethyl adjacent to an activating group) is 1. The summed E-state index contributed by atoms with van der Waals surface area (Å²) in [6.45, 7) is 11.9. The number of carbonyl (C=O) groups is 1. The molecule has 1 amide bonds. The topological polar surface area (TPSA) is 70.2 Å².